The van der Waals surface area contributed by atoms with E-state index in [1.807, 2.05) is 17.8 Å². The quantitative estimate of drug-likeness (QED) is 0.858. The van der Waals surface area contributed by atoms with E-state index in [0.717, 1.165) is 31.5 Å². The SMILES string of the molecule is CN(Cc1nccn1C)C(=O)NC1(CC(=O)O)CCCC1. The fourth-order valence-corrected chi connectivity index (χ4v) is 2.84. The zero-order valence-electron chi connectivity index (χ0n) is 12.5. The number of nitrogens with zero attached hydrogens (tertiary/aromatic N) is 3. The van der Waals surface area contributed by atoms with Gasteiger partial charge in [-0.2, -0.15) is 0 Å². The molecule has 0 saturated heterocycles. The Morgan fingerprint density at radius 1 is 1.48 bits per heavy atom. The van der Waals surface area contributed by atoms with Crippen LogP contribution in [0.5, 0.6) is 0 Å². The molecule has 0 bridgehead atoms. The fraction of sp³-hybridized carbons (Fsp3) is 0.643. The Balaban J connectivity index is 1.98. The highest BCUT2D eigenvalue weighted by Gasteiger charge is 2.38. The number of hydrogen-bond donors (Lipinski definition) is 2. The van der Waals surface area contributed by atoms with E-state index in [1.165, 1.54) is 4.90 Å². The molecule has 0 unspecified atom stereocenters. The van der Waals surface area contributed by atoms with Crippen molar-refractivity contribution in [2.24, 2.45) is 7.05 Å². The molecule has 2 rings (SSSR count). The zero-order valence-corrected chi connectivity index (χ0v) is 12.5. The first-order valence-corrected chi connectivity index (χ1v) is 7.13. The second-order valence-corrected chi connectivity index (χ2v) is 5.80. The minimum Gasteiger partial charge on any atom is -0.481 e. The predicted octanol–water partition coefficient (Wildman–Crippen LogP) is 1.35. The summed E-state index contributed by atoms with van der Waals surface area (Å²) in [5.74, 6) is -0.0877. The number of aromatic nitrogens is 2. The molecule has 2 N–H and O–H groups in total. The van der Waals surface area contributed by atoms with Crippen molar-refractivity contribution in [1.82, 2.24) is 19.8 Å². The summed E-state index contributed by atoms with van der Waals surface area (Å²) < 4.78 is 1.85. The van der Waals surface area contributed by atoms with E-state index in [2.05, 4.69) is 10.3 Å². The van der Waals surface area contributed by atoms with Gasteiger partial charge in [-0.05, 0) is 12.8 Å². The highest BCUT2D eigenvalue weighted by molar-refractivity contribution is 5.76. The molecular weight excluding hydrogens is 272 g/mol. The molecule has 0 aliphatic heterocycles. The molecule has 0 spiro atoms. The van der Waals surface area contributed by atoms with Crippen molar-refractivity contribution < 1.29 is 14.7 Å². The molecule has 1 aliphatic rings. The van der Waals surface area contributed by atoms with Gasteiger partial charge in [0, 0.05) is 26.5 Å². The van der Waals surface area contributed by atoms with Crippen LogP contribution in [0.25, 0.3) is 0 Å². The number of amides is 2. The molecule has 1 heterocycles. The molecule has 0 aromatic carbocycles. The fourth-order valence-electron chi connectivity index (χ4n) is 2.84. The standard InChI is InChI=1S/C14H22N4O3/c1-17-8-7-15-11(17)10-18(2)13(21)16-14(9-12(19)20)5-3-4-6-14/h7-8H,3-6,9-10H2,1-2H3,(H,16,21)(H,19,20). The van der Waals surface area contributed by atoms with Crippen molar-refractivity contribution in [1.29, 1.82) is 0 Å². The first kappa shape index (κ1) is 15.3. The second kappa shape index (κ2) is 6.15. The number of carbonyl (C=O) groups excluding carboxylic acids is 1. The topological polar surface area (TPSA) is 87.5 Å². The molecule has 1 saturated carbocycles. The lowest BCUT2D eigenvalue weighted by Crippen LogP contribution is -2.52. The van der Waals surface area contributed by atoms with Crippen LogP contribution < -0.4 is 5.32 Å². The van der Waals surface area contributed by atoms with Crippen LogP contribution in [-0.4, -0.2) is 44.1 Å². The molecular formula is C14H22N4O3. The highest BCUT2D eigenvalue weighted by Crippen LogP contribution is 2.32. The lowest BCUT2D eigenvalue weighted by molar-refractivity contribution is -0.138. The van der Waals surface area contributed by atoms with Crippen LogP contribution in [0.1, 0.15) is 37.9 Å². The summed E-state index contributed by atoms with van der Waals surface area (Å²) in [6.45, 7) is 0.387. The normalized spacial score (nSPS) is 16.7. The van der Waals surface area contributed by atoms with Crippen molar-refractivity contribution in [2.45, 2.75) is 44.2 Å². The minimum atomic E-state index is -0.871. The molecule has 1 fully saturated rings. The number of aryl methyl sites for hydroxylation is 1. The minimum absolute atomic E-state index is 0.0189. The van der Waals surface area contributed by atoms with Gasteiger partial charge in [-0.15, -0.1) is 0 Å². The molecule has 1 aliphatic carbocycles. The number of carbonyl (C=O) groups is 2. The molecule has 0 atom stereocenters. The smallest absolute Gasteiger partial charge is 0.317 e. The summed E-state index contributed by atoms with van der Waals surface area (Å²) in [5.41, 5.74) is -0.598. The lowest BCUT2D eigenvalue weighted by atomic mass is 9.93. The molecule has 1 aromatic rings. The van der Waals surface area contributed by atoms with Crippen LogP contribution in [0.2, 0.25) is 0 Å². The number of aliphatic carboxylic acids is 1. The van der Waals surface area contributed by atoms with Crippen molar-refractivity contribution >= 4 is 12.0 Å². The Morgan fingerprint density at radius 3 is 2.67 bits per heavy atom. The van der Waals surface area contributed by atoms with Crippen LogP contribution in [0.15, 0.2) is 12.4 Å². The van der Waals surface area contributed by atoms with Gasteiger partial charge in [-0.25, -0.2) is 9.78 Å². The monoisotopic (exact) mass is 294 g/mol. The maximum Gasteiger partial charge on any atom is 0.317 e. The van der Waals surface area contributed by atoms with Gasteiger partial charge in [0.15, 0.2) is 0 Å². The third kappa shape index (κ3) is 3.74. The first-order valence-electron chi connectivity index (χ1n) is 7.13. The number of carboxylic acid groups (broad SMARTS) is 1. The third-order valence-corrected chi connectivity index (χ3v) is 4.07. The van der Waals surface area contributed by atoms with E-state index in [4.69, 9.17) is 5.11 Å². The number of imidazole rings is 1. The van der Waals surface area contributed by atoms with Gasteiger partial charge in [-0.1, -0.05) is 12.8 Å². The predicted molar refractivity (Wildman–Crippen MR) is 76.7 cm³/mol. The van der Waals surface area contributed by atoms with E-state index >= 15 is 0 Å². The molecule has 21 heavy (non-hydrogen) atoms. The maximum atomic E-state index is 12.3. The second-order valence-electron chi connectivity index (χ2n) is 5.80. The van der Waals surface area contributed by atoms with Crippen LogP contribution >= 0.6 is 0 Å². The van der Waals surface area contributed by atoms with Crippen molar-refractivity contribution in [3.63, 3.8) is 0 Å². The Kier molecular flexibility index (Phi) is 4.50. The Labute approximate surface area is 124 Å². The summed E-state index contributed by atoms with van der Waals surface area (Å²) in [5, 5.41) is 12.0. The van der Waals surface area contributed by atoms with E-state index < -0.39 is 11.5 Å². The Morgan fingerprint density at radius 2 is 2.14 bits per heavy atom. The first-order chi connectivity index (χ1) is 9.92. The van der Waals surface area contributed by atoms with Gasteiger partial charge in [-0.3, -0.25) is 4.79 Å². The van der Waals surface area contributed by atoms with Crippen molar-refractivity contribution in [2.75, 3.05) is 7.05 Å². The summed E-state index contributed by atoms with van der Waals surface area (Å²) in [6.07, 6.45) is 6.85. The van der Waals surface area contributed by atoms with E-state index in [-0.39, 0.29) is 12.5 Å². The Hall–Kier alpha value is -2.05. The molecule has 7 heteroatoms. The van der Waals surface area contributed by atoms with Crippen molar-refractivity contribution in [3.8, 4) is 0 Å². The molecule has 0 radical (unpaired) electrons. The summed E-state index contributed by atoms with van der Waals surface area (Å²) in [4.78, 5) is 29.1. The van der Waals surface area contributed by atoms with Gasteiger partial charge in [0.2, 0.25) is 0 Å². The van der Waals surface area contributed by atoms with Crippen LogP contribution in [0.3, 0.4) is 0 Å². The molecule has 1 aromatic heterocycles. The average Bonchev–Trinajstić information content (AvgIpc) is 2.99. The summed E-state index contributed by atoms with van der Waals surface area (Å²) in [7, 11) is 3.56. The summed E-state index contributed by atoms with van der Waals surface area (Å²) in [6, 6.07) is -0.249. The number of rotatable bonds is 5. The average molecular weight is 294 g/mol. The lowest BCUT2D eigenvalue weighted by Gasteiger charge is -2.31. The number of urea groups is 1. The van der Waals surface area contributed by atoms with Gasteiger partial charge in [0.05, 0.1) is 18.5 Å². The number of hydrogen-bond acceptors (Lipinski definition) is 3. The summed E-state index contributed by atoms with van der Waals surface area (Å²) >= 11 is 0. The van der Waals surface area contributed by atoms with Crippen LogP contribution in [0.4, 0.5) is 4.79 Å². The largest absolute Gasteiger partial charge is 0.481 e. The van der Waals surface area contributed by atoms with Gasteiger partial charge in [0.1, 0.15) is 5.82 Å². The van der Waals surface area contributed by atoms with Crippen LogP contribution in [-0.2, 0) is 18.4 Å². The Bertz CT molecular complexity index is 520. The van der Waals surface area contributed by atoms with E-state index in [9.17, 15) is 9.59 Å². The van der Waals surface area contributed by atoms with E-state index in [0.29, 0.717) is 6.54 Å². The zero-order chi connectivity index (χ0) is 15.5. The third-order valence-electron chi connectivity index (χ3n) is 4.07. The van der Waals surface area contributed by atoms with E-state index in [1.54, 1.807) is 13.2 Å². The van der Waals surface area contributed by atoms with Gasteiger partial charge in [0.25, 0.3) is 0 Å². The van der Waals surface area contributed by atoms with Gasteiger partial charge >= 0.3 is 12.0 Å². The number of nitrogens with one attached hydrogen (secondary N) is 1. The van der Waals surface area contributed by atoms with Crippen LogP contribution in [0, 0.1) is 0 Å². The van der Waals surface area contributed by atoms with Gasteiger partial charge < -0.3 is 19.9 Å². The molecule has 116 valence electrons. The highest BCUT2D eigenvalue weighted by atomic mass is 16.4. The molecule has 7 nitrogen and oxygen atoms in total. The maximum absolute atomic E-state index is 12.3. The number of carboxylic acids is 1. The molecule has 2 amide bonds. The van der Waals surface area contributed by atoms with Crippen molar-refractivity contribution in [3.05, 3.63) is 18.2 Å².